The molecule has 7 nitrogen and oxygen atoms in total. The molecule has 7 heteroatoms. The number of carbonyl (C=O) groups is 2. The van der Waals surface area contributed by atoms with E-state index in [0.29, 0.717) is 19.6 Å². The number of nitrogens with one attached hydrogen (secondary N) is 1. The number of benzene rings is 3. The number of hydrogen-bond acceptors (Lipinski definition) is 5. The average Bonchev–Trinajstić information content (AvgIpc) is 3.49. The summed E-state index contributed by atoms with van der Waals surface area (Å²) < 4.78 is 16.3. The molecular formula is C32H38N2O5. The standard InChI is InChI=1S/C32H38N2O5/c1-4-5-9-23-39-31(36)34-22-10-13-29(34)30(35)33-32(24-11-7-6-8-12-24,25-14-18-27(37-2)19-15-25)26-16-20-28(38-3)21-17-26/h6-8,11-12,14-21,29H,4-5,9-10,13,22-23H2,1-3H3,(H,33,35). The highest BCUT2D eigenvalue weighted by molar-refractivity contribution is 5.88. The van der Waals surface area contributed by atoms with Gasteiger partial charge in [0.25, 0.3) is 0 Å². The lowest BCUT2D eigenvalue weighted by Crippen LogP contribution is -2.54. The monoisotopic (exact) mass is 530 g/mol. The number of ether oxygens (including phenoxy) is 3. The third kappa shape index (κ3) is 6.19. The fraction of sp³-hybridized carbons (Fsp3) is 0.375. The molecule has 0 aromatic heterocycles. The van der Waals surface area contributed by atoms with Gasteiger partial charge in [0.15, 0.2) is 0 Å². The summed E-state index contributed by atoms with van der Waals surface area (Å²) in [6.45, 7) is 2.96. The molecule has 3 aromatic rings. The topological polar surface area (TPSA) is 77.1 Å². The molecule has 0 bridgehead atoms. The summed E-state index contributed by atoms with van der Waals surface area (Å²) in [6, 6.07) is 24.6. The quantitative estimate of drug-likeness (QED) is 0.247. The van der Waals surface area contributed by atoms with Crippen molar-refractivity contribution >= 4 is 12.0 Å². The van der Waals surface area contributed by atoms with Crippen LogP contribution in [-0.4, -0.2) is 50.3 Å². The molecule has 0 spiro atoms. The largest absolute Gasteiger partial charge is 0.497 e. The summed E-state index contributed by atoms with van der Waals surface area (Å²) in [5.74, 6) is 1.21. The molecule has 3 aromatic carbocycles. The Kier molecular flexibility index (Phi) is 9.47. The Morgan fingerprint density at radius 3 is 1.95 bits per heavy atom. The number of methoxy groups -OCH3 is 2. The Bertz CT molecular complexity index is 1160. The highest BCUT2D eigenvalue weighted by Crippen LogP contribution is 2.39. The van der Waals surface area contributed by atoms with E-state index in [2.05, 4.69) is 12.2 Å². The third-order valence-electron chi connectivity index (χ3n) is 7.33. The number of nitrogens with zero attached hydrogens (tertiary/aromatic N) is 1. The summed E-state index contributed by atoms with van der Waals surface area (Å²) in [7, 11) is 3.25. The van der Waals surface area contributed by atoms with Gasteiger partial charge in [-0.1, -0.05) is 74.4 Å². The van der Waals surface area contributed by atoms with Crippen LogP contribution in [0.15, 0.2) is 78.9 Å². The Balaban J connectivity index is 1.75. The summed E-state index contributed by atoms with van der Waals surface area (Å²) in [4.78, 5) is 28.6. The Labute approximate surface area is 231 Å². The van der Waals surface area contributed by atoms with E-state index in [4.69, 9.17) is 14.2 Å². The van der Waals surface area contributed by atoms with E-state index in [1.807, 2.05) is 78.9 Å². The molecule has 1 atom stereocenters. The van der Waals surface area contributed by atoms with E-state index < -0.39 is 17.7 Å². The first-order chi connectivity index (χ1) is 19.0. The normalized spacial score (nSPS) is 15.1. The molecular weight excluding hydrogens is 492 g/mol. The molecule has 1 fully saturated rings. The van der Waals surface area contributed by atoms with Crippen LogP contribution in [0.2, 0.25) is 0 Å². The number of hydrogen-bond donors (Lipinski definition) is 1. The molecule has 39 heavy (non-hydrogen) atoms. The van der Waals surface area contributed by atoms with Crippen LogP contribution in [0.25, 0.3) is 0 Å². The molecule has 1 unspecified atom stereocenters. The van der Waals surface area contributed by atoms with E-state index in [1.54, 1.807) is 19.1 Å². The van der Waals surface area contributed by atoms with Gasteiger partial charge in [-0.05, 0) is 60.2 Å². The van der Waals surface area contributed by atoms with Crippen molar-refractivity contribution in [2.75, 3.05) is 27.4 Å². The van der Waals surface area contributed by atoms with Gasteiger partial charge in [-0.3, -0.25) is 9.69 Å². The van der Waals surface area contributed by atoms with Gasteiger partial charge in [-0.15, -0.1) is 0 Å². The van der Waals surface area contributed by atoms with Crippen LogP contribution in [0.5, 0.6) is 11.5 Å². The minimum atomic E-state index is -1.03. The van der Waals surface area contributed by atoms with Crippen LogP contribution in [0.1, 0.15) is 55.7 Å². The van der Waals surface area contributed by atoms with Gasteiger partial charge in [0, 0.05) is 6.54 Å². The lowest BCUT2D eigenvalue weighted by atomic mass is 9.76. The van der Waals surface area contributed by atoms with Gasteiger partial charge < -0.3 is 19.5 Å². The lowest BCUT2D eigenvalue weighted by Gasteiger charge is -2.38. The number of likely N-dealkylation sites (tertiary alicyclic amines) is 1. The molecule has 1 aliphatic heterocycles. The van der Waals surface area contributed by atoms with Crippen molar-refractivity contribution in [3.63, 3.8) is 0 Å². The van der Waals surface area contributed by atoms with E-state index in [-0.39, 0.29) is 5.91 Å². The summed E-state index contributed by atoms with van der Waals surface area (Å²) in [5.41, 5.74) is 1.58. The fourth-order valence-electron chi connectivity index (χ4n) is 5.21. The van der Waals surface area contributed by atoms with Gasteiger partial charge in [0.2, 0.25) is 5.91 Å². The second-order valence-corrected chi connectivity index (χ2v) is 9.74. The van der Waals surface area contributed by atoms with Gasteiger partial charge in [-0.25, -0.2) is 4.79 Å². The first kappa shape index (κ1) is 28.0. The number of unbranched alkanes of at least 4 members (excludes halogenated alkanes) is 2. The predicted molar refractivity (Wildman–Crippen MR) is 151 cm³/mol. The lowest BCUT2D eigenvalue weighted by molar-refractivity contribution is -0.126. The Morgan fingerprint density at radius 1 is 0.846 bits per heavy atom. The van der Waals surface area contributed by atoms with Crippen molar-refractivity contribution in [1.82, 2.24) is 10.2 Å². The molecule has 0 radical (unpaired) electrons. The van der Waals surface area contributed by atoms with Gasteiger partial charge in [0.05, 0.1) is 20.8 Å². The van der Waals surface area contributed by atoms with Crippen LogP contribution < -0.4 is 14.8 Å². The maximum absolute atomic E-state index is 14.1. The Hall–Kier alpha value is -4.00. The number of carbonyl (C=O) groups excluding carboxylic acids is 2. The zero-order valence-corrected chi connectivity index (χ0v) is 23.0. The van der Waals surface area contributed by atoms with E-state index in [0.717, 1.165) is 53.9 Å². The van der Waals surface area contributed by atoms with Gasteiger partial charge >= 0.3 is 6.09 Å². The minimum absolute atomic E-state index is 0.228. The molecule has 1 heterocycles. The van der Waals surface area contributed by atoms with Crippen molar-refractivity contribution in [3.05, 3.63) is 95.6 Å². The van der Waals surface area contributed by atoms with Gasteiger partial charge in [-0.2, -0.15) is 0 Å². The minimum Gasteiger partial charge on any atom is -0.497 e. The van der Waals surface area contributed by atoms with E-state index in [1.165, 1.54) is 0 Å². The summed E-state index contributed by atoms with van der Waals surface area (Å²) >= 11 is 0. The smallest absolute Gasteiger partial charge is 0.410 e. The van der Waals surface area contributed by atoms with Gasteiger partial charge in [0.1, 0.15) is 23.1 Å². The predicted octanol–water partition coefficient (Wildman–Crippen LogP) is 5.90. The van der Waals surface area contributed by atoms with Crippen LogP contribution >= 0.6 is 0 Å². The highest BCUT2D eigenvalue weighted by atomic mass is 16.6. The van der Waals surface area contributed by atoms with E-state index >= 15 is 0 Å². The average molecular weight is 531 g/mol. The van der Waals surface area contributed by atoms with Crippen molar-refractivity contribution in [2.45, 2.75) is 50.6 Å². The van der Waals surface area contributed by atoms with Crippen LogP contribution in [0.3, 0.4) is 0 Å². The van der Waals surface area contributed by atoms with Crippen LogP contribution in [-0.2, 0) is 15.1 Å². The van der Waals surface area contributed by atoms with Crippen molar-refractivity contribution in [3.8, 4) is 11.5 Å². The first-order valence-electron chi connectivity index (χ1n) is 13.6. The fourth-order valence-corrected chi connectivity index (χ4v) is 5.21. The second-order valence-electron chi connectivity index (χ2n) is 9.74. The van der Waals surface area contributed by atoms with Crippen molar-refractivity contribution < 1.29 is 23.8 Å². The van der Waals surface area contributed by atoms with Crippen LogP contribution in [0, 0.1) is 0 Å². The first-order valence-corrected chi connectivity index (χ1v) is 13.6. The SMILES string of the molecule is CCCCCOC(=O)N1CCCC1C(=O)NC(c1ccccc1)(c1ccc(OC)cc1)c1ccc(OC)cc1. The summed E-state index contributed by atoms with van der Waals surface area (Å²) in [5, 5.41) is 3.39. The van der Waals surface area contributed by atoms with Crippen molar-refractivity contribution in [2.24, 2.45) is 0 Å². The maximum Gasteiger partial charge on any atom is 0.410 e. The van der Waals surface area contributed by atoms with Crippen LogP contribution in [0.4, 0.5) is 4.79 Å². The highest BCUT2D eigenvalue weighted by Gasteiger charge is 2.43. The Morgan fingerprint density at radius 2 is 1.41 bits per heavy atom. The van der Waals surface area contributed by atoms with Crippen molar-refractivity contribution in [1.29, 1.82) is 0 Å². The zero-order valence-electron chi connectivity index (χ0n) is 23.0. The molecule has 0 saturated carbocycles. The molecule has 206 valence electrons. The molecule has 2 amide bonds. The molecule has 1 aliphatic rings. The number of rotatable bonds is 11. The molecule has 1 saturated heterocycles. The zero-order chi connectivity index (χ0) is 27.7. The molecule has 0 aliphatic carbocycles. The second kappa shape index (κ2) is 13.2. The third-order valence-corrected chi connectivity index (χ3v) is 7.33. The maximum atomic E-state index is 14.1. The summed E-state index contributed by atoms with van der Waals surface area (Å²) in [6.07, 6.45) is 3.75. The number of amides is 2. The molecule has 4 rings (SSSR count). The van der Waals surface area contributed by atoms with E-state index in [9.17, 15) is 9.59 Å². The molecule has 1 N–H and O–H groups in total.